The van der Waals surface area contributed by atoms with Gasteiger partial charge in [0.15, 0.2) is 6.23 Å². The summed E-state index contributed by atoms with van der Waals surface area (Å²) in [6.07, 6.45) is 2.67. The van der Waals surface area contributed by atoms with Gasteiger partial charge in [-0.25, -0.2) is 0 Å². The van der Waals surface area contributed by atoms with Crippen molar-refractivity contribution in [2.24, 2.45) is 5.92 Å². The number of hydrogen-bond donors (Lipinski definition) is 0. The van der Waals surface area contributed by atoms with Crippen LogP contribution in [0.5, 0.6) is 5.75 Å². The average molecular weight is 320 g/mol. The maximum atomic E-state index is 9.19. The van der Waals surface area contributed by atoms with Crippen LogP contribution in [0.4, 0.5) is 0 Å². The Kier molecular flexibility index (Phi) is 5.51. The van der Waals surface area contributed by atoms with Crippen molar-refractivity contribution in [1.29, 1.82) is 5.26 Å². The normalized spacial score (nSPS) is 21.2. The molecule has 2 aromatic rings. The van der Waals surface area contributed by atoms with Crippen molar-refractivity contribution in [3.8, 4) is 11.8 Å². The molecule has 1 aliphatic rings. The summed E-state index contributed by atoms with van der Waals surface area (Å²) in [6.45, 7) is 4.03. The third kappa shape index (κ3) is 4.15. The lowest BCUT2D eigenvalue weighted by Gasteiger charge is -2.36. The molecule has 3 nitrogen and oxygen atoms in total. The van der Waals surface area contributed by atoms with E-state index in [9.17, 15) is 5.26 Å². The molecule has 0 saturated carbocycles. The van der Waals surface area contributed by atoms with E-state index in [-0.39, 0.29) is 12.1 Å². The summed E-state index contributed by atoms with van der Waals surface area (Å²) in [5.41, 5.74) is 2.59. The molecule has 1 aliphatic heterocycles. The number of nitriles is 1. The third-order valence-electron chi connectivity index (χ3n) is 4.69. The number of hydrogen-bond acceptors (Lipinski definition) is 3. The molecule has 24 heavy (non-hydrogen) atoms. The average Bonchev–Trinajstić information content (AvgIpc) is 2.64. The fourth-order valence-corrected chi connectivity index (χ4v) is 3.25. The maximum Gasteiger partial charge on any atom is 0.153 e. The van der Waals surface area contributed by atoms with Gasteiger partial charge in [0.1, 0.15) is 5.75 Å². The van der Waals surface area contributed by atoms with Gasteiger partial charge in [-0.2, -0.15) is 5.26 Å². The molecule has 1 fully saturated rings. The van der Waals surface area contributed by atoms with Crippen LogP contribution >= 0.6 is 0 Å². The van der Waals surface area contributed by atoms with Crippen LogP contribution in [0, 0.1) is 17.2 Å². The zero-order chi connectivity index (χ0) is 16.8. The zero-order valence-corrected chi connectivity index (χ0v) is 14.2. The van der Waals surface area contributed by atoms with Crippen LogP contribution < -0.4 is 4.74 Å². The first-order valence-electron chi connectivity index (χ1n) is 8.71. The highest BCUT2D eigenvalue weighted by Gasteiger charge is 2.28. The molecule has 124 valence electrons. The van der Waals surface area contributed by atoms with Crippen molar-refractivity contribution in [1.82, 2.24) is 4.90 Å². The van der Waals surface area contributed by atoms with Crippen molar-refractivity contribution in [2.75, 3.05) is 13.1 Å². The molecule has 0 aliphatic carbocycles. The fraction of sp³-hybridized carbons (Fsp3) is 0.381. The Balaban J connectivity index is 1.63. The van der Waals surface area contributed by atoms with Gasteiger partial charge in [-0.05, 0) is 42.6 Å². The van der Waals surface area contributed by atoms with E-state index in [4.69, 9.17) is 4.74 Å². The number of benzene rings is 2. The predicted molar refractivity (Wildman–Crippen MR) is 95.7 cm³/mol. The Hall–Kier alpha value is -2.31. The number of piperidine rings is 1. The van der Waals surface area contributed by atoms with E-state index < -0.39 is 0 Å². The molecule has 2 atom stereocenters. The van der Waals surface area contributed by atoms with Gasteiger partial charge in [0.2, 0.25) is 0 Å². The minimum atomic E-state index is 0.00775. The standard InChI is InChI=1S/C21H24N2O/c1-2-23-13-12-19(16-22)15-21(23)24-20-10-8-18(9-11-20)14-17-6-4-3-5-7-17/h3-11,19,21H,2,12-15H2,1H3. The second-order valence-corrected chi connectivity index (χ2v) is 6.36. The van der Waals surface area contributed by atoms with Crippen molar-refractivity contribution in [3.05, 3.63) is 65.7 Å². The van der Waals surface area contributed by atoms with Crippen LogP contribution in [0.2, 0.25) is 0 Å². The molecule has 2 unspecified atom stereocenters. The first-order chi connectivity index (χ1) is 11.8. The molecule has 2 aromatic carbocycles. The first-order valence-corrected chi connectivity index (χ1v) is 8.71. The highest BCUT2D eigenvalue weighted by atomic mass is 16.5. The monoisotopic (exact) mass is 320 g/mol. The third-order valence-corrected chi connectivity index (χ3v) is 4.69. The Bertz CT molecular complexity index is 675. The molecule has 0 radical (unpaired) electrons. The van der Waals surface area contributed by atoms with Gasteiger partial charge in [-0.15, -0.1) is 0 Å². The number of ether oxygens (including phenoxy) is 1. The van der Waals surface area contributed by atoms with Gasteiger partial charge in [0.25, 0.3) is 0 Å². The van der Waals surface area contributed by atoms with Crippen molar-refractivity contribution in [2.45, 2.75) is 32.4 Å². The Labute approximate surface area is 144 Å². The van der Waals surface area contributed by atoms with Crippen LogP contribution in [-0.4, -0.2) is 24.2 Å². The number of nitrogens with zero attached hydrogens (tertiary/aromatic N) is 2. The molecular formula is C21H24N2O. The molecule has 0 spiro atoms. The van der Waals surface area contributed by atoms with E-state index in [0.717, 1.165) is 38.1 Å². The van der Waals surface area contributed by atoms with E-state index in [0.29, 0.717) is 0 Å². The van der Waals surface area contributed by atoms with E-state index in [2.05, 4.69) is 54.3 Å². The summed E-state index contributed by atoms with van der Waals surface area (Å²) in [5.74, 6) is 0.990. The molecule has 0 aromatic heterocycles. The SMILES string of the molecule is CCN1CCC(C#N)CC1Oc1ccc(Cc2ccccc2)cc1. The van der Waals surface area contributed by atoms with Crippen LogP contribution in [0.25, 0.3) is 0 Å². The largest absolute Gasteiger partial charge is 0.475 e. The summed E-state index contributed by atoms with van der Waals surface area (Å²) in [4.78, 5) is 2.31. The smallest absolute Gasteiger partial charge is 0.153 e. The Morgan fingerprint density at radius 3 is 2.46 bits per heavy atom. The van der Waals surface area contributed by atoms with E-state index in [1.54, 1.807) is 0 Å². The molecule has 1 saturated heterocycles. The van der Waals surface area contributed by atoms with E-state index in [1.807, 2.05) is 18.2 Å². The highest BCUT2D eigenvalue weighted by molar-refractivity contribution is 5.31. The van der Waals surface area contributed by atoms with Gasteiger partial charge in [0.05, 0.1) is 12.0 Å². The summed E-state index contributed by atoms with van der Waals surface area (Å²) < 4.78 is 6.17. The molecular weight excluding hydrogens is 296 g/mol. The molecule has 3 rings (SSSR count). The predicted octanol–water partition coefficient (Wildman–Crippen LogP) is 4.24. The lowest BCUT2D eigenvalue weighted by atomic mass is 9.97. The summed E-state index contributed by atoms with van der Waals surface area (Å²) in [7, 11) is 0. The van der Waals surface area contributed by atoms with Crippen molar-refractivity contribution in [3.63, 3.8) is 0 Å². The van der Waals surface area contributed by atoms with Gasteiger partial charge in [-0.1, -0.05) is 49.4 Å². The van der Waals surface area contributed by atoms with Crippen LogP contribution in [0.15, 0.2) is 54.6 Å². The summed E-state index contributed by atoms with van der Waals surface area (Å²) in [6, 6.07) is 21.2. The zero-order valence-electron chi connectivity index (χ0n) is 14.2. The quantitative estimate of drug-likeness (QED) is 0.827. The topological polar surface area (TPSA) is 36.3 Å². The number of rotatable bonds is 5. The molecule has 3 heteroatoms. The van der Waals surface area contributed by atoms with Crippen LogP contribution in [0.3, 0.4) is 0 Å². The second kappa shape index (κ2) is 7.99. The lowest BCUT2D eigenvalue weighted by molar-refractivity contribution is -0.0115. The van der Waals surface area contributed by atoms with E-state index >= 15 is 0 Å². The molecule has 0 N–H and O–H groups in total. The van der Waals surface area contributed by atoms with Gasteiger partial charge < -0.3 is 4.74 Å². The van der Waals surface area contributed by atoms with Gasteiger partial charge in [-0.3, -0.25) is 4.90 Å². The number of likely N-dealkylation sites (tertiary alicyclic amines) is 1. The molecule has 1 heterocycles. The van der Waals surface area contributed by atoms with Gasteiger partial charge >= 0.3 is 0 Å². The van der Waals surface area contributed by atoms with E-state index in [1.165, 1.54) is 11.1 Å². The lowest BCUT2D eigenvalue weighted by Crippen LogP contribution is -2.45. The van der Waals surface area contributed by atoms with Crippen molar-refractivity contribution >= 4 is 0 Å². The Morgan fingerprint density at radius 2 is 1.79 bits per heavy atom. The summed E-state index contributed by atoms with van der Waals surface area (Å²) >= 11 is 0. The van der Waals surface area contributed by atoms with Crippen LogP contribution in [-0.2, 0) is 6.42 Å². The molecule has 0 amide bonds. The van der Waals surface area contributed by atoms with Crippen molar-refractivity contribution < 1.29 is 4.74 Å². The first kappa shape index (κ1) is 16.5. The highest BCUT2D eigenvalue weighted by Crippen LogP contribution is 2.25. The minimum Gasteiger partial charge on any atom is -0.475 e. The van der Waals surface area contributed by atoms with Gasteiger partial charge in [0, 0.05) is 13.0 Å². The van der Waals surface area contributed by atoms with Crippen LogP contribution in [0.1, 0.15) is 30.9 Å². The maximum absolute atomic E-state index is 9.19. The minimum absolute atomic E-state index is 0.00775. The molecule has 0 bridgehead atoms. The fourth-order valence-electron chi connectivity index (χ4n) is 3.25. The second-order valence-electron chi connectivity index (χ2n) is 6.36. The summed E-state index contributed by atoms with van der Waals surface area (Å²) in [5, 5.41) is 9.19. The Morgan fingerprint density at radius 1 is 1.08 bits per heavy atom.